The van der Waals surface area contributed by atoms with Gasteiger partial charge < -0.3 is 29.7 Å². The Balaban J connectivity index is 1.58. The van der Waals surface area contributed by atoms with Crippen molar-refractivity contribution in [3.63, 3.8) is 0 Å². The molecular formula is C28H46N4O7S. The molecule has 1 aromatic carbocycles. The van der Waals surface area contributed by atoms with E-state index in [0.29, 0.717) is 36.5 Å². The van der Waals surface area contributed by atoms with E-state index in [9.17, 15) is 18.0 Å². The number of carbonyl (C=O) groups is 2. The summed E-state index contributed by atoms with van der Waals surface area (Å²) in [5.41, 5.74) is 0.645. The van der Waals surface area contributed by atoms with E-state index in [0.717, 1.165) is 25.9 Å². The molecule has 2 aliphatic heterocycles. The lowest BCUT2D eigenvalue weighted by atomic mass is 9.98. The molecule has 0 aromatic heterocycles. The molecule has 0 radical (unpaired) electrons. The predicted molar refractivity (Wildman–Crippen MR) is 153 cm³/mol. The van der Waals surface area contributed by atoms with Gasteiger partial charge in [0.2, 0.25) is 0 Å². The first-order valence-corrected chi connectivity index (χ1v) is 15.4. The summed E-state index contributed by atoms with van der Waals surface area (Å²) in [5.74, 6) is 0.504. The van der Waals surface area contributed by atoms with Crippen LogP contribution in [0.2, 0.25) is 0 Å². The summed E-state index contributed by atoms with van der Waals surface area (Å²) in [7, 11) is -0.671. The lowest BCUT2D eigenvalue weighted by molar-refractivity contribution is -0.131. The number of Topliss-reactive ketones (excluding diaryl/α,β-unsaturated/α-hetero) is 1. The van der Waals surface area contributed by atoms with Crippen LogP contribution in [-0.4, -0.2) is 113 Å². The first-order chi connectivity index (χ1) is 18.8. The lowest BCUT2D eigenvalue weighted by Crippen LogP contribution is -2.61. The van der Waals surface area contributed by atoms with E-state index >= 15 is 0 Å². The number of likely N-dealkylation sites (tertiary alicyclic amines) is 1. The number of amides is 1. The molecule has 1 aromatic rings. The van der Waals surface area contributed by atoms with Crippen molar-refractivity contribution in [2.45, 2.75) is 75.4 Å². The lowest BCUT2D eigenvalue weighted by Gasteiger charge is -2.44. The summed E-state index contributed by atoms with van der Waals surface area (Å²) in [6.45, 7) is 11.8. The summed E-state index contributed by atoms with van der Waals surface area (Å²) >= 11 is 0. The number of carbonyl (C=O) groups excluding carboxylic acids is 2. The molecule has 0 spiro atoms. The third-order valence-corrected chi connectivity index (χ3v) is 9.74. The molecule has 2 unspecified atom stereocenters. The van der Waals surface area contributed by atoms with Crippen LogP contribution in [0.5, 0.6) is 5.75 Å². The molecule has 3 rings (SSSR count). The number of hydrogen-bond acceptors (Lipinski definition) is 10. The van der Waals surface area contributed by atoms with Crippen LogP contribution in [0.25, 0.3) is 0 Å². The second-order valence-electron chi connectivity index (χ2n) is 11.6. The van der Waals surface area contributed by atoms with Gasteiger partial charge in [-0.1, -0.05) is 0 Å². The molecule has 1 amide bonds. The van der Waals surface area contributed by atoms with E-state index in [1.807, 2.05) is 20.8 Å². The van der Waals surface area contributed by atoms with Crippen LogP contribution < -0.4 is 15.4 Å². The zero-order valence-electron chi connectivity index (χ0n) is 24.9. The molecule has 226 valence electrons. The Morgan fingerprint density at radius 3 is 2.30 bits per heavy atom. The number of nitrogens with zero attached hydrogens (tertiary/aromatic N) is 2. The average molecular weight is 583 g/mol. The minimum atomic E-state index is -3.78. The van der Waals surface area contributed by atoms with Crippen LogP contribution in [0.4, 0.5) is 4.79 Å². The van der Waals surface area contributed by atoms with Crippen molar-refractivity contribution < 1.29 is 32.2 Å². The molecule has 2 aliphatic rings. The van der Waals surface area contributed by atoms with Gasteiger partial charge in [-0.2, -0.15) is 0 Å². The van der Waals surface area contributed by atoms with E-state index in [1.54, 1.807) is 45.0 Å². The summed E-state index contributed by atoms with van der Waals surface area (Å²) in [4.78, 5) is 29.9. The molecule has 0 saturated carbocycles. The van der Waals surface area contributed by atoms with Crippen molar-refractivity contribution in [3.8, 4) is 5.75 Å². The number of ketones is 1. The number of methoxy groups -OCH3 is 1. The van der Waals surface area contributed by atoms with Crippen LogP contribution in [0.1, 0.15) is 44.7 Å². The normalized spacial score (nSPS) is 20.3. The van der Waals surface area contributed by atoms with Gasteiger partial charge in [-0.25, -0.2) is 13.2 Å². The van der Waals surface area contributed by atoms with Crippen molar-refractivity contribution >= 4 is 21.7 Å². The smallest absolute Gasteiger partial charge is 0.410 e. The third kappa shape index (κ3) is 7.94. The SMILES string of the molecule is CNC(COCC(=O)C1CNCCN1C1CCN(C(=O)OC(C)(C)C)CC1)S(=O)(=O)c1c(C)cc(OC)cc1C. The number of nitrogens with one attached hydrogen (secondary N) is 2. The van der Waals surface area contributed by atoms with Crippen molar-refractivity contribution in [1.82, 2.24) is 20.4 Å². The minimum absolute atomic E-state index is 0.0918. The number of piperazine rings is 1. The number of benzene rings is 1. The summed E-state index contributed by atoms with van der Waals surface area (Å²) in [6.07, 6.45) is 1.20. The van der Waals surface area contributed by atoms with Crippen LogP contribution in [0.15, 0.2) is 17.0 Å². The van der Waals surface area contributed by atoms with E-state index in [2.05, 4.69) is 15.5 Å². The van der Waals surface area contributed by atoms with Crippen LogP contribution >= 0.6 is 0 Å². The molecule has 2 saturated heterocycles. The maximum absolute atomic E-state index is 13.5. The van der Waals surface area contributed by atoms with Crippen LogP contribution in [-0.2, 0) is 24.1 Å². The van der Waals surface area contributed by atoms with Crippen molar-refractivity contribution in [2.24, 2.45) is 0 Å². The Kier molecular flexibility index (Phi) is 11.0. The largest absolute Gasteiger partial charge is 0.497 e. The number of sulfone groups is 1. The molecule has 2 atom stereocenters. The highest BCUT2D eigenvalue weighted by molar-refractivity contribution is 7.92. The van der Waals surface area contributed by atoms with Gasteiger partial charge in [0.05, 0.1) is 24.7 Å². The second kappa shape index (κ2) is 13.6. The molecule has 12 heteroatoms. The van der Waals surface area contributed by atoms with Gasteiger partial charge in [0.25, 0.3) is 0 Å². The van der Waals surface area contributed by atoms with Gasteiger partial charge in [-0.15, -0.1) is 0 Å². The predicted octanol–water partition coefficient (Wildman–Crippen LogP) is 1.89. The van der Waals surface area contributed by atoms with Crippen molar-refractivity contribution in [3.05, 3.63) is 23.3 Å². The first-order valence-electron chi connectivity index (χ1n) is 13.9. The molecule has 0 aliphatic carbocycles. The van der Waals surface area contributed by atoms with E-state index < -0.39 is 20.8 Å². The molecule has 40 heavy (non-hydrogen) atoms. The van der Waals surface area contributed by atoms with E-state index in [-0.39, 0.29) is 42.1 Å². The maximum atomic E-state index is 13.5. The maximum Gasteiger partial charge on any atom is 0.410 e. The Morgan fingerprint density at radius 1 is 1.12 bits per heavy atom. The van der Waals surface area contributed by atoms with Gasteiger partial charge in [-0.05, 0) is 77.8 Å². The summed E-state index contributed by atoms with van der Waals surface area (Å²) < 4.78 is 43.4. The zero-order valence-corrected chi connectivity index (χ0v) is 25.7. The quantitative estimate of drug-likeness (QED) is 0.422. The minimum Gasteiger partial charge on any atom is -0.497 e. The molecule has 0 bridgehead atoms. The van der Waals surface area contributed by atoms with E-state index in [1.165, 1.54) is 0 Å². The fourth-order valence-corrected chi connectivity index (χ4v) is 7.36. The number of aryl methyl sites for hydroxylation is 2. The number of hydrogen-bond donors (Lipinski definition) is 2. The highest BCUT2D eigenvalue weighted by atomic mass is 32.2. The highest BCUT2D eigenvalue weighted by Gasteiger charge is 2.37. The van der Waals surface area contributed by atoms with Gasteiger partial charge in [0.1, 0.15) is 23.3 Å². The van der Waals surface area contributed by atoms with Gasteiger partial charge in [0, 0.05) is 38.8 Å². The summed E-state index contributed by atoms with van der Waals surface area (Å²) in [5, 5.41) is 5.13. The molecule has 2 N–H and O–H groups in total. The van der Waals surface area contributed by atoms with Gasteiger partial charge in [0.15, 0.2) is 15.6 Å². The molecule has 11 nitrogen and oxygen atoms in total. The fraction of sp³-hybridized carbons (Fsp3) is 0.714. The highest BCUT2D eigenvalue weighted by Crippen LogP contribution is 2.28. The van der Waals surface area contributed by atoms with Crippen LogP contribution in [0.3, 0.4) is 0 Å². The standard InChI is InChI=1S/C28H46N4O7S/c1-19-14-22(37-7)15-20(2)26(19)40(35,36)25(29-6)18-38-17-24(33)23-16-30-10-13-32(23)21-8-11-31(12-9-21)27(34)39-28(3,4)5/h14-15,21,23,25,29-30H,8-13,16-18H2,1-7H3. The van der Waals surface area contributed by atoms with Gasteiger partial charge in [-0.3, -0.25) is 9.69 Å². The number of ether oxygens (including phenoxy) is 3. The van der Waals surface area contributed by atoms with Gasteiger partial charge >= 0.3 is 6.09 Å². The fourth-order valence-electron chi connectivity index (χ4n) is 5.47. The average Bonchev–Trinajstić information content (AvgIpc) is 2.89. The molecular weight excluding hydrogens is 536 g/mol. The first kappa shape index (κ1) is 32.3. The van der Waals surface area contributed by atoms with E-state index in [4.69, 9.17) is 14.2 Å². The third-order valence-electron chi connectivity index (χ3n) is 7.41. The zero-order chi connectivity index (χ0) is 29.7. The Hall–Kier alpha value is -2.25. The van der Waals surface area contributed by atoms with Crippen molar-refractivity contribution in [1.29, 1.82) is 0 Å². The molecule has 2 fully saturated rings. The Labute approximate surface area is 238 Å². The number of rotatable bonds is 10. The number of piperidine rings is 1. The Bertz CT molecular complexity index is 1120. The second-order valence-corrected chi connectivity index (χ2v) is 13.6. The number of likely N-dealkylation sites (N-methyl/N-ethyl adjacent to an activating group) is 1. The van der Waals surface area contributed by atoms with Crippen molar-refractivity contribution in [2.75, 3.05) is 60.1 Å². The monoisotopic (exact) mass is 582 g/mol. The van der Waals surface area contributed by atoms with Crippen LogP contribution in [0, 0.1) is 13.8 Å². The Morgan fingerprint density at radius 2 is 1.75 bits per heavy atom. The topological polar surface area (TPSA) is 127 Å². The summed E-state index contributed by atoms with van der Waals surface area (Å²) in [6, 6.07) is 3.18. The molecule has 2 heterocycles.